The van der Waals surface area contributed by atoms with Crippen LogP contribution >= 0.6 is 15.9 Å². The van der Waals surface area contributed by atoms with E-state index in [1.54, 1.807) is 14.1 Å². The second-order valence-electron chi connectivity index (χ2n) is 3.77. The van der Waals surface area contributed by atoms with Gasteiger partial charge in [0.05, 0.1) is 4.47 Å². The number of hydrogen-bond donors (Lipinski definition) is 0. The van der Waals surface area contributed by atoms with Gasteiger partial charge in [-0.2, -0.15) is 0 Å². The van der Waals surface area contributed by atoms with Gasteiger partial charge in [0.2, 0.25) is 0 Å². The predicted octanol–water partition coefficient (Wildman–Crippen LogP) is 2.58. The summed E-state index contributed by atoms with van der Waals surface area (Å²) in [5.41, 5.74) is 0.977. The molecule has 0 fully saturated rings. The van der Waals surface area contributed by atoms with Crippen LogP contribution in [0.3, 0.4) is 0 Å². The van der Waals surface area contributed by atoms with E-state index >= 15 is 0 Å². The molecule has 88 valence electrons. The van der Waals surface area contributed by atoms with Gasteiger partial charge in [0.15, 0.2) is 0 Å². The molecule has 0 aliphatic rings. The Labute approximate surface area is 104 Å². The highest BCUT2D eigenvalue weighted by atomic mass is 79.9. The Kier molecular flexibility index (Phi) is 4.18. The third kappa shape index (κ3) is 3.13. The van der Waals surface area contributed by atoms with Crippen LogP contribution in [0.2, 0.25) is 0 Å². The second kappa shape index (κ2) is 5.21. The molecule has 0 heterocycles. The fourth-order valence-electron chi connectivity index (χ4n) is 1.03. The average Bonchev–Trinajstić information content (AvgIpc) is 2.20. The van der Waals surface area contributed by atoms with Crippen LogP contribution in [0.15, 0.2) is 22.7 Å². The van der Waals surface area contributed by atoms with E-state index in [0.29, 0.717) is 5.75 Å². The molecule has 5 heteroatoms. The maximum absolute atomic E-state index is 11.4. The molecule has 1 aromatic carbocycles. The van der Waals surface area contributed by atoms with Crippen molar-refractivity contribution in [3.05, 3.63) is 22.7 Å². The number of nitrogens with zero attached hydrogens (tertiary/aromatic N) is 2. The van der Waals surface area contributed by atoms with Crippen molar-refractivity contribution in [3.63, 3.8) is 0 Å². The highest BCUT2D eigenvalue weighted by Gasteiger charge is 2.10. The number of benzene rings is 1. The summed E-state index contributed by atoms with van der Waals surface area (Å²) in [6.45, 7) is 0. The van der Waals surface area contributed by atoms with E-state index in [1.807, 2.05) is 37.2 Å². The third-order valence-electron chi connectivity index (χ3n) is 1.99. The van der Waals surface area contributed by atoms with Crippen molar-refractivity contribution in [2.75, 3.05) is 33.1 Å². The summed E-state index contributed by atoms with van der Waals surface area (Å²) in [6, 6.07) is 5.61. The number of carbonyl (C=O) groups excluding carboxylic acids is 1. The van der Waals surface area contributed by atoms with Gasteiger partial charge in [0.25, 0.3) is 0 Å². The molecule has 0 saturated heterocycles. The zero-order valence-corrected chi connectivity index (χ0v) is 11.4. The van der Waals surface area contributed by atoms with Crippen LogP contribution in [-0.2, 0) is 0 Å². The molecule has 0 spiro atoms. The lowest BCUT2D eigenvalue weighted by Crippen LogP contribution is -2.25. The number of halogens is 1. The Morgan fingerprint density at radius 2 is 1.88 bits per heavy atom. The SMILES string of the molecule is CN(C)C(=O)Oc1cc(N(C)C)ccc1Br. The summed E-state index contributed by atoms with van der Waals surface area (Å²) in [7, 11) is 7.15. The highest BCUT2D eigenvalue weighted by Crippen LogP contribution is 2.29. The number of anilines is 1. The minimum Gasteiger partial charge on any atom is -0.409 e. The predicted molar refractivity (Wildman–Crippen MR) is 68.2 cm³/mol. The third-order valence-corrected chi connectivity index (χ3v) is 2.65. The van der Waals surface area contributed by atoms with Crippen molar-refractivity contribution in [1.29, 1.82) is 0 Å². The molecule has 1 rings (SSSR count). The molecule has 0 unspecified atom stereocenters. The monoisotopic (exact) mass is 286 g/mol. The fraction of sp³-hybridized carbons (Fsp3) is 0.364. The Morgan fingerprint density at radius 1 is 1.25 bits per heavy atom. The molecule has 4 nitrogen and oxygen atoms in total. The zero-order valence-electron chi connectivity index (χ0n) is 9.82. The van der Waals surface area contributed by atoms with Crippen molar-refractivity contribution < 1.29 is 9.53 Å². The second-order valence-corrected chi connectivity index (χ2v) is 4.63. The van der Waals surface area contributed by atoms with Crippen LogP contribution in [0.25, 0.3) is 0 Å². The molecule has 1 amide bonds. The largest absolute Gasteiger partial charge is 0.414 e. The van der Waals surface area contributed by atoms with E-state index in [0.717, 1.165) is 10.2 Å². The first-order chi connectivity index (χ1) is 7.41. The summed E-state index contributed by atoms with van der Waals surface area (Å²) < 4.78 is 5.97. The summed E-state index contributed by atoms with van der Waals surface area (Å²) in [5, 5.41) is 0. The first kappa shape index (κ1) is 12.8. The van der Waals surface area contributed by atoms with Gasteiger partial charge in [-0.15, -0.1) is 0 Å². The minimum atomic E-state index is -0.392. The van der Waals surface area contributed by atoms with Crippen LogP contribution in [0, 0.1) is 0 Å². The quantitative estimate of drug-likeness (QED) is 0.838. The molecule has 0 bridgehead atoms. The van der Waals surface area contributed by atoms with Gasteiger partial charge >= 0.3 is 6.09 Å². The zero-order chi connectivity index (χ0) is 12.3. The maximum Gasteiger partial charge on any atom is 0.414 e. The van der Waals surface area contributed by atoms with Crippen LogP contribution in [-0.4, -0.2) is 39.2 Å². The van der Waals surface area contributed by atoms with Crippen LogP contribution < -0.4 is 9.64 Å². The lowest BCUT2D eigenvalue weighted by molar-refractivity contribution is 0.171. The van der Waals surface area contributed by atoms with E-state index in [2.05, 4.69) is 15.9 Å². The van der Waals surface area contributed by atoms with Gasteiger partial charge in [-0.3, -0.25) is 0 Å². The van der Waals surface area contributed by atoms with E-state index in [-0.39, 0.29) is 0 Å². The molecule has 1 aromatic rings. The van der Waals surface area contributed by atoms with Crippen molar-refractivity contribution in [2.24, 2.45) is 0 Å². The average molecular weight is 287 g/mol. The van der Waals surface area contributed by atoms with Gasteiger partial charge in [-0.05, 0) is 28.1 Å². The van der Waals surface area contributed by atoms with Gasteiger partial charge in [0, 0.05) is 39.9 Å². The van der Waals surface area contributed by atoms with E-state index < -0.39 is 6.09 Å². The lowest BCUT2D eigenvalue weighted by Gasteiger charge is -2.16. The lowest BCUT2D eigenvalue weighted by atomic mass is 10.3. The van der Waals surface area contributed by atoms with Crippen molar-refractivity contribution in [3.8, 4) is 5.75 Å². The van der Waals surface area contributed by atoms with Crippen molar-refractivity contribution >= 4 is 27.7 Å². The Morgan fingerprint density at radius 3 is 2.38 bits per heavy atom. The molecular weight excluding hydrogens is 272 g/mol. The standard InChI is InChI=1S/C11H15BrN2O2/c1-13(2)8-5-6-9(12)10(7-8)16-11(15)14(3)4/h5-7H,1-4H3. The van der Waals surface area contributed by atoms with Gasteiger partial charge in [-0.1, -0.05) is 0 Å². The van der Waals surface area contributed by atoms with Crippen molar-refractivity contribution in [1.82, 2.24) is 4.90 Å². The molecule has 0 aromatic heterocycles. The van der Waals surface area contributed by atoms with Gasteiger partial charge < -0.3 is 14.5 Å². The molecule has 16 heavy (non-hydrogen) atoms. The number of rotatable bonds is 2. The number of carbonyl (C=O) groups is 1. The first-order valence-electron chi connectivity index (χ1n) is 4.78. The highest BCUT2D eigenvalue weighted by molar-refractivity contribution is 9.10. The Bertz CT molecular complexity index is 392. The Hall–Kier alpha value is -1.23. The number of amides is 1. The van der Waals surface area contributed by atoms with Crippen LogP contribution in [0.1, 0.15) is 0 Å². The van der Waals surface area contributed by atoms with Gasteiger partial charge in [-0.25, -0.2) is 4.79 Å². The molecule has 0 atom stereocenters. The van der Waals surface area contributed by atoms with Crippen molar-refractivity contribution in [2.45, 2.75) is 0 Å². The van der Waals surface area contributed by atoms with Crippen LogP contribution in [0.5, 0.6) is 5.75 Å². The smallest absolute Gasteiger partial charge is 0.409 e. The molecular formula is C11H15BrN2O2. The summed E-state index contributed by atoms with van der Waals surface area (Å²) in [4.78, 5) is 14.7. The molecule has 0 N–H and O–H groups in total. The first-order valence-corrected chi connectivity index (χ1v) is 5.57. The van der Waals surface area contributed by atoms with E-state index in [4.69, 9.17) is 4.74 Å². The topological polar surface area (TPSA) is 32.8 Å². The number of ether oxygens (including phenoxy) is 1. The number of hydrogen-bond acceptors (Lipinski definition) is 3. The van der Waals surface area contributed by atoms with Crippen LogP contribution in [0.4, 0.5) is 10.5 Å². The Balaban J connectivity index is 2.94. The van der Waals surface area contributed by atoms with Gasteiger partial charge in [0.1, 0.15) is 5.75 Å². The maximum atomic E-state index is 11.4. The molecule has 0 radical (unpaired) electrons. The summed E-state index contributed by atoms with van der Waals surface area (Å²) in [5.74, 6) is 0.518. The summed E-state index contributed by atoms with van der Waals surface area (Å²) >= 11 is 3.34. The minimum absolute atomic E-state index is 0.392. The molecule has 0 aliphatic heterocycles. The fourth-order valence-corrected chi connectivity index (χ4v) is 1.36. The molecule has 0 saturated carbocycles. The normalized spacial score (nSPS) is 9.81. The summed E-state index contributed by atoms with van der Waals surface area (Å²) in [6.07, 6.45) is -0.392. The molecule has 0 aliphatic carbocycles. The van der Waals surface area contributed by atoms with E-state index in [9.17, 15) is 4.79 Å². The van der Waals surface area contributed by atoms with E-state index in [1.165, 1.54) is 4.90 Å².